The summed E-state index contributed by atoms with van der Waals surface area (Å²) in [6.45, 7) is 4.17. The van der Waals surface area contributed by atoms with E-state index in [1.165, 1.54) is 12.1 Å². The normalized spacial score (nSPS) is 10.4. The van der Waals surface area contributed by atoms with Gasteiger partial charge in [-0.15, -0.1) is 0 Å². The molecule has 0 aromatic heterocycles. The van der Waals surface area contributed by atoms with E-state index >= 15 is 0 Å². The zero-order chi connectivity index (χ0) is 15.2. The van der Waals surface area contributed by atoms with Crippen molar-refractivity contribution in [2.75, 3.05) is 0 Å². The number of carboxylic acid groups (broad SMARTS) is 1. The molecule has 2 aromatic carbocycles. The minimum absolute atomic E-state index is 0.0619. The number of carboxylic acids is 1. The lowest BCUT2D eigenvalue weighted by Crippen LogP contribution is -2.08. The Kier molecular flexibility index (Phi) is 4.82. The molecule has 0 unspecified atom stereocenters. The topological polar surface area (TPSA) is 55.8 Å². The molecule has 0 amide bonds. The van der Waals surface area contributed by atoms with Crippen molar-refractivity contribution >= 4 is 5.97 Å². The van der Waals surface area contributed by atoms with Gasteiger partial charge in [-0.1, -0.05) is 30.3 Å². The first-order chi connectivity index (χ1) is 10.1. The van der Waals surface area contributed by atoms with Crippen LogP contribution in [0.4, 0.5) is 0 Å². The van der Waals surface area contributed by atoms with Crippen molar-refractivity contribution in [1.29, 1.82) is 0 Å². The van der Waals surface area contributed by atoms with Crippen molar-refractivity contribution in [2.24, 2.45) is 0 Å². The summed E-state index contributed by atoms with van der Waals surface area (Å²) in [5.41, 5.74) is 1.22. The van der Waals surface area contributed by atoms with E-state index in [2.05, 4.69) is 0 Å². The fourth-order valence-electron chi connectivity index (χ4n) is 1.84. The summed E-state index contributed by atoms with van der Waals surface area (Å²) in [7, 11) is 0. The van der Waals surface area contributed by atoms with E-state index in [-0.39, 0.29) is 11.7 Å². The molecule has 2 rings (SSSR count). The summed E-state index contributed by atoms with van der Waals surface area (Å²) in [4.78, 5) is 11.0. The Balaban J connectivity index is 2.19. The van der Waals surface area contributed by atoms with Crippen LogP contribution in [0, 0.1) is 0 Å². The van der Waals surface area contributed by atoms with Crippen LogP contribution in [0.5, 0.6) is 11.5 Å². The van der Waals surface area contributed by atoms with Gasteiger partial charge < -0.3 is 14.6 Å². The van der Waals surface area contributed by atoms with E-state index in [1.54, 1.807) is 6.07 Å². The maximum atomic E-state index is 11.0. The molecule has 0 aliphatic rings. The molecule has 21 heavy (non-hydrogen) atoms. The lowest BCUT2D eigenvalue weighted by Gasteiger charge is -2.15. The van der Waals surface area contributed by atoms with Crippen LogP contribution in [-0.4, -0.2) is 17.2 Å². The Morgan fingerprint density at radius 2 is 1.81 bits per heavy atom. The van der Waals surface area contributed by atoms with Gasteiger partial charge in [-0.2, -0.15) is 0 Å². The van der Waals surface area contributed by atoms with Crippen LogP contribution >= 0.6 is 0 Å². The summed E-state index contributed by atoms with van der Waals surface area (Å²) in [5, 5.41) is 9.05. The van der Waals surface area contributed by atoms with Gasteiger partial charge in [-0.3, -0.25) is 0 Å². The molecule has 0 saturated heterocycles. The number of hydrogen-bond acceptors (Lipinski definition) is 3. The SMILES string of the molecule is CC(C)Oc1cc(C(=O)O)ccc1OCc1ccccc1. The van der Waals surface area contributed by atoms with Gasteiger partial charge in [0.15, 0.2) is 11.5 Å². The lowest BCUT2D eigenvalue weighted by molar-refractivity contribution is 0.0696. The van der Waals surface area contributed by atoms with Crippen LogP contribution in [0.25, 0.3) is 0 Å². The number of ether oxygens (including phenoxy) is 2. The smallest absolute Gasteiger partial charge is 0.335 e. The third kappa shape index (κ3) is 4.24. The van der Waals surface area contributed by atoms with E-state index in [1.807, 2.05) is 44.2 Å². The molecule has 1 N–H and O–H groups in total. The largest absolute Gasteiger partial charge is 0.487 e. The number of carbonyl (C=O) groups is 1. The van der Waals surface area contributed by atoms with Gasteiger partial charge in [0, 0.05) is 0 Å². The fraction of sp³-hybridized carbons (Fsp3) is 0.235. The molecule has 0 radical (unpaired) electrons. The Morgan fingerprint density at radius 3 is 2.43 bits per heavy atom. The summed E-state index contributed by atoms with van der Waals surface area (Å²) in [6.07, 6.45) is -0.0619. The molecular formula is C17H18O4. The predicted octanol–water partition coefficient (Wildman–Crippen LogP) is 3.75. The monoisotopic (exact) mass is 286 g/mol. The summed E-state index contributed by atoms with van der Waals surface area (Å²) < 4.78 is 11.4. The molecule has 110 valence electrons. The van der Waals surface area contributed by atoms with Gasteiger partial charge in [0.1, 0.15) is 6.61 Å². The molecule has 0 fully saturated rings. The molecule has 2 aromatic rings. The van der Waals surface area contributed by atoms with Crippen molar-refractivity contribution in [3.63, 3.8) is 0 Å². The molecule has 0 aliphatic heterocycles. The van der Waals surface area contributed by atoms with Crippen LogP contribution < -0.4 is 9.47 Å². The minimum Gasteiger partial charge on any atom is -0.487 e. The van der Waals surface area contributed by atoms with Crippen LogP contribution in [0.1, 0.15) is 29.8 Å². The minimum atomic E-state index is -0.988. The zero-order valence-electron chi connectivity index (χ0n) is 12.1. The maximum Gasteiger partial charge on any atom is 0.335 e. The molecule has 4 nitrogen and oxygen atoms in total. The van der Waals surface area contributed by atoms with Gasteiger partial charge in [0.05, 0.1) is 11.7 Å². The maximum absolute atomic E-state index is 11.0. The Bertz CT molecular complexity index is 605. The first-order valence-corrected chi connectivity index (χ1v) is 6.77. The molecule has 0 bridgehead atoms. The highest BCUT2D eigenvalue weighted by atomic mass is 16.5. The van der Waals surface area contributed by atoms with E-state index in [9.17, 15) is 4.79 Å². The zero-order valence-corrected chi connectivity index (χ0v) is 12.1. The van der Waals surface area contributed by atoms with E-state index in [4.69, 9.17) is 14.6 Å². The van der Waals surface area contributed by atoms with Crippen molar-refractivity contribution in [2.45, 2.75) is 26.6 Å². The third-order valence-electron chi connectivity index (χ3n) is 2.79. The lowest BCUT2D eigenvalue weighted by atomic mass is 10.2. The highest BCUT2D eigenvalue weighted by Gasteiger charge is 2.12. The summed E-state index contributed by atoms with van der Waals surface area (Å²) >= 11 is 0. The molecular weight excluding hydrogens is 268 g/mol. The highest BCUT2D eigenvalue weighted by Crippen LogP contribution is 2.30. The number of benzene rings is 2. The van der Waals surface area contributed by atoms with Gasteiger partial charge in [0.25, 0.3) is 0 Å². The Hall–Kier alpha value is -2.49. The number of rotatable bonds is 6. The quantitative estimate of drug-likeness (QED) is 0.878. The van der Waals surface area contributed by atoms with Crippen LogP contribution in [0.15, 0.2) is 48.5 Å². The van der Waals surface area contributed by atoms with Crippen molar-refractivity contribution in [3.05, 3.63) is 59.7 Å². The van der Waals surface area contributed by atoms with Gasteiger partial charge in [-0.05, 0) is 37.6 Å². The van der Waals surface area contributed by atoms with Crippen molar-refractivity contribution in [3.8, 4) is 11.5 Å². The standard InChI is InChI=1S/C17H18O4/c1-12(2)21-16-10-14(17(18)19)8-9-15(16)20-11-13-6-4-3-5-7-13/h3-10,12H,11H2,1-2H3,(H,18,19). The van der Waals surface area contributed by atoms with Gasteiger partial charge in [-0.25, -0.2) is 4.79 Å². The second kappa shape index (κ2) is 6.79. The predicted molar refractivity (Wildman–Crippen MR) is 79.9 cm³/mol. The second-order valence-electron chi connectivity index (χ2n) is 4.91. The van der Waals surface area contributed by atoms with E-state index in [0.29, 0.717) is 18.1 Å². The average molecular weight is 286 g/mol. The van der Waals surface area contributed by atoms with Crippen molar-refractivity contribution in [1.82, 2.24) is 0 Å². The number of aromatic carboxylic acids is 1. The molecule has 0 saturated carbocycles. The van der Waals surface area contributed by atoms with Gasteiger partial charge >= 0.3 is 5.97 Å². The van der Waals surface area contributed by atoms with Crippen LogP contribution in [0.3, 0.4) is 0 Å². The second-order valence-corrected chi connectivity index (χ2v) is 4.91. The first-order valence-electron chi connectivity index (χ1n) is 6.77. The average Bonchev–Trinajstić information content (AvgIpc) is 2.46. The first kappa shape index (κ1) is 14.9. The van der Waals surface area contributed by atoms with Crippen LogP contribution in [-0.2, 0) is 6.61 Å². The molecule has 4 heteroatoms. The Labute approximate surface area is 123 Å². The molecule has 0 heterocycles. The van der Waals surface area contributed by atoms with Crippen molar-refractivity contribution < 1.29 is 19.4 Å². The summed E-state index contributed by atoms with van der Waals surface area (Å²) in [6, 6.07) is 14.4. The molecule has 0 spiro atoms. The highest BCUT2D eigenvalue weighted by molar-refractivity contribution is 5.88. The third-order valence-corrected chi connectivity index (χ3v) is 2.79. The van der Waals surface area contributed by atoms with Crippen LogP contribution in [0.2, 0.25) is 0 Å². The molecule has 0 aliphatic carbocycles. The van der Waals surface area contributed by atoms with E-state index in [0.717, 1.165) is 5.56 Å². The van der Waals surface area contributed by atoms with E-state index < -0.39 is 5.97 Å². The molecule has 0 atom stereocenters. The van der Waals surface area contributed by atoms with Gasteiger partial charge in [0.2, 0.25) is 0 Å². The number of hydrogen-bond donors (Lipinski definition) is 1. The fourth-order valence-corrected chi connectivity index (χ4v) is 1.84. The summed E-state index contributed by atoms with van der Waals surface area (Å²) in [5.74, 6) is -0.00315. The Morgan fingerprint density at radius 1 is 1.10 bits per heavy atom.